The number of anilines is 1. The van der Waals surface area contributed by atoms with Crippen LogP contribution in [0.5, 0.6) is 0 Å². The Balaban J connectivity index is 1.80. The number of furan rings is 2. The summed E-state index contributed by atoms with van der Waals surface area (Å²) in [6.45, 7) is 0. The minimum Gasteiger partial charge on any atom is -0.478 e. The summed E-state index contributed by atoms with van der Waals surface area (Å²) in [5, 5.41) is 14.0. The first-order chi connectivity index (χ1) is 13.0. The van der Waals surface area contributed by atoms with Gasteiger partial charge < -0.3 is 24.6 Å². The summed E-state index contributed by atoms with van der Waals surface area (Å²) in [4.78, 5) is 35.7. The molecule has 2 amide bonds. The van der Waals surface area contributed by atoms with Gasteiger partial charge in [-0.1, -0.05) is 0 Å². The summed E-state index contributed by atoms with van der Waals surface area (Å²) >= 11 is 0. The molecular weight excluding hydrogens is 352 g/mol. The summed E-state index contributed by atoms with van der Waals surface area (Å²) in [6.07, 6.45) is 4.14. The predicted octanol–water partition coefficient (Wildman–Crippen LogP) is 2.98. The van der Waals surface area contributed by atoms with E-state index in [1.165, 1.54) is 48.9 Å². The third-order valence-electron chi connectivity index (χ3n) is 3.46. The molecule has 2 aromatic heterocycles. The number of rotatable bonds is 6. The third kappa shape index (κ3) is 4.51. The van der Waals surface area contributed by atoms with E-state index in [4.69, 9.17) is 13.9 Å². The van der Waals surface area contributed by atoms with Crippen molar-refractivity contribution >= 4 is 29.5 Å². The molecule has 0 fully saturated rings. The van der Waals surface area contributed by atoms with Crippen LogP contribution in [-0.2, 0) is 4.79 Å². The zero-order chi connectivity index (χ0) is 19.2. The quantitative estimate of drug-likeness (QED) is 0.577. The van der Waals surface area contributed by atoms with Crippen LogP contribution in [-0.4, -0.2) is 22.9 Å². The molecule has 0 saturated carbocycles. The van der Waals surface area contributed by atoms with Crippen LogP contribution >= 0.6 is 0 Å². The smallest absolute Gasteiger partial charge is 0.335 e. The maximum Gasteiger partial charge on any atom is 0.335 e. The minimum atomic E-state index is -1.07. The number of carbonyl (C=O) groups is 3. The van der Waals surface area contributed by atoms with Crippen LogP contribution in [0.4, 0.5) is 5.69 Å². The lowest BCUT2D eigenvalue weighted by Gasteiger charge is -2.10. The molecule has 3 rings (SSSR count). The Kier molecular flexibility index (Phi) is 5.17. The van der Waals surface area contributed by atoms with Crippen LogP contribution in [0.3, 0.4) is 0 Å². The van der Waals surface area contributed by atoms with E-state index in [0.29, 0.717) is 11.4 Å². The number of hydrogen-bond acceptors (Lipinski definition) is 5. The fourth-order valence-corrected chi connectivity index (χ4v) is 2.16. The van der Waals surface area contributed by atoms with Crippen LogP contribution in [0, 0.1) is 0 Å². The highest BCUT2D eigenvalue weighted by Gasteiger charge is 2.17. The SMILES string of the molecule is O=C(Nc1ccc(C(=O)O)cc1)/C(=C\c1ccco1)NC(=O)c1ccco1. The van der Waals surface area contributed by atoms with Gasteiger partial charge in [0.2, 0.25) is 0 Å². The molecule has 0 aliphatic carbocycles. The molecule has 8 nitrogen and oxygen atoms in total. The van der Waals surface area contributed by atoms with Crippen molar-refractivity contribution in [3.8, 4) is 0 Å². The first-order valence-electron chi connectivity index (χ1n) is 7.78. The van der Waals surface area contributed by atoms with Gasteiger partial charge in [0.15, 0.2) is 5.76 Å². The van der Waals surface area contributed by atoms with Gasteiger partial charge in [-0.05, 0) is 48.5 Å². The van der Waals surface area contributed by atoms with E-state index in [-0.39, 0.29) is 17.0 Å². The van der Waals surface area contributed by atoms with E-state index in [1.807, 2.05) is 0 Å². The van der Waals surface area contributed by atoms with Crippen molar-refractivity contribution in [3.63, 3.8) is 0 Å². The largest absolute Gasteiger partial charge is 0.478 e. The van der Waals surface area contributed by atoms with Gasteiger partial charge in [-0.3, -0.25) is 9.59 Å². The first kappa shape index (κ1) is 17.7. The minimum absolute atomic E-state index is 0.0407. The highest BCUT2D eigenvalue weighted by Crippen LogP contribution is 2.13. The lowest BCUT2D eigenvalue weighted by atomic mass is 10.2. The van der Waals surface area contributed by atoms with Crippen molar-refractivity contribution in [2.45, 2.75) is 0 Å². The molecule has 8 heteroatoms. The fraction of sp³-hybridized carbons (Fsp3) is 0. The van der Waals surface area contributed by atoms with Crippen LogP contribution in [0.25, 0.3) is 6.08 Å². The van der Waals surface area contributed by atoms with Crippen molar-refractivity contribution < 1.29 is 28.3 Å². The molecule has 3 aromatic rings. The second-order valence-corrected chi connectivity index (χ2v) is 5.34. The zero-order valence-electron chi connectivity index (χ0n) is 13.8. The molecule has 3 N–H and O–H groups in total. The maximum absolute atomic E-state index is 12.6. The molecule has 0 aliphatic heterocycles. The molecule has 0 unspecified atom stereocenters. The third-order valence-corrected chi connectivity index (χ3v) is 3.46. The molecule has 2 heterocycles. The highest BCUT2D eigenvalue weighted by molar-refractivity contribution is 6.10. The van der Waals surface area contributed by atoms with Crippen molar-refractivity contribution in [3.05, 3.63) is 83.8 Å². The molecule has 136 valence electrons. The molecule has 27 heavy (non-hydrogen) atoms. The van der Waals surface area contributed by atoms with E-state index in [0.717, 1.165) is 0 Å². The standard InChI is InChI=1S/C19H14N2O6/c22-17(20-13-7-5-12(6-8-13)19(24)25)15(11-14-3-1-9-26-14)21-18(23)16-4-2-10-27-16/h1-11H,(H,20,22)(H,21,23)(H,24,25)/b15-11+. The summed E-state index contributed by atoms with van der Waals surface area (Å²) < 4.78 is 10.2. The molecule has 0 bridgehead atoms. The number of carboxylic acids is 1. The van der Waals surface area contributed by atoms with Gasteiger partial charge in [-0.15, -0.1) is 0 Å². The lowest BCUT2D eigenvalue weighted by molar-refractivity contribution is -0.113. The Hall–Kier alpha value is -4.07. The van der Waals surface area contributed by atoms with Crippen LogP contribution < -0.4 is 10.6 Å². The normalized spacial score (nSPS) is 11.0. The topological polar surface area (TPSA) is 122 Å². The van der Waals surface area contributed by atoms with Crippen molar-refractivity contribution in [2.24, 2.45) is 0 Å². The average molecular weight is 366 g/mol. The van der Waals surface area contributed by atoms with E-state index >= 15 is 0 Å². The van der Waals surface area contributed by atoms with Gasteiger partial charge in [0.05, 0.1) is 18.1 Å². The van der Waals surface area contributed by atoms with Crippen LogP contribution in [0.2, 0.25) is 0 Å². The number of carboxylic acid groups (broad SMARTS) is 1. The predicted molar refractivity (Wildman–Crippen MR) is 94.9 cm³/mol. The number of nitrogens with one attached hydrogen (secondary N) is 2. The van der Waals surface area contributed by atoms with Crippen molar-refractivity contribution in [1.82, 2.24) is 5.32 Å². The molecule has 0 saturated heterocycles. The highest BCUT2D eigenvalue weighted by atomic mass is 16.4. The number of hydrogen-bond donors (Lipinski definition) is 3. The Labute approximate surface area is 153 Å². The Morgan fingerprint density at radius 2 is 1.63 bits per heavy atom. The summed E-state index contributed by atoms with van der Waals surface area (Å²) in [5.41, 5.74) is 0.377. The second-order valence-electron chi connectivity index (χ2n) is 5.34. The number of benzene rings is 1. The van der Waals surface area contributed by atoms with Crippen molar-refractivity contribution in [1.29, 1.82) is 0 Å². The summed E-state index contributed by atoms with van der Waals surface area (Å²) in [6, 6.07) is 11.9. The Bertz CT molecular complexity index is 970. The van der Waals surface area contributed by atoms with Crippen LogP contribution in [0.1, 0.15) is 26.7 Å². The number of amides is 2. The Morgan fingerprint density at radius 3 is 2.22 bits per heavy atom. The maximum atomic E-state index is 12.6. The number of aromatic carboxylic acids is 1. The van der Waals surface area contributed by atoms with Gasteiger partial charge in [0.1, 0.15) is 11.5 Å². The second kappa shape index (κ2) is 7.87. The van der Waals surface area contributed by atoms with Gasteiger partial charge in [0.25, 0.3) is 11.8 Å². The molecule has 0 atom stereocenters. The molecule has 1 aromatic carbocycles. The van der Waals surface area contributed by atoms with Crippen molar-refractivity contribution in [2.75, 3.05) is 5.32 Å². The van der Waals surface area contributed by atoms with E-state index in [9.17, 15) is 14.4 Å². The van der Waals surface area contributed by atoms with Gasteiger partial charge >= 0.3 is 5.97 Å². The van der Waals surface area contributed by atoms with Gasteiger partial charge in [-0.2, -0.15) is 0 Å². The number of carbonyl (C=O) groups excluding carboxylic acids is 2. The zero-order valence-corrected chi connectivity index (χ0v) is 13.8. The molecule has 0 aliphatic rings. The Morgan fingerprint density at radius 1 is 0.926 bits per heavy atom. The molecule has 0 spiro atoms. The van der Waals surface area contributed by atoms with Gasteiger partial charge in [0, 0.05) is 11.8 Å². The molecular formula is C19H14N2O6. The first-order valence-corrected chi connectivity index (χ1v) is 7.78. The average Bonchev–Trinajstić information content (AvgIpc) is 3.35. The van der Waals surface area contributed by atoms with E-state index in [1.54, 1.807) is 18.2 Å². The lowest BCUT2D eigenvalue weighted by Crippen LogP contribution is -2.30. The van der Waals surface area contributed by atoms with Gasteiger partial charge in [-0.25, -0.2) is 4.79 Å². The summed E-state index contributed by atoms with van der Waals surface area (Å²) in [5.74, 6) is -1.89. The van der Waals surface area contributed by atoms with E-state index < -0.39 is 17.8 Å². The monoisotopic (exact) mass is 366 g/mol. The fourth-order valence-electron chi connectivity index (χ4n) is 2.16. The molecule has 0 radical (unpaired) electrons. The summed E-state index contributed by atoms with van der Waals surface area (Å²) in [7, 11) is 0. The van der Waals surface area contributed by atoms with Crippen LogP contribution in [0.15, 0.2) is 75.6 Å². The van der Waals surface area contributed by atoms with E-state index in [2.05, 4.69) is 10.6 Å².